The standard InChI is InChI=1S/C17H17ClF3N3O/c1-16(25,10-24-12-22-11-23-24)14-7-6-13(5-3-2-4-8-18)9-15(14)17(19,20)21/h6-7,9,11-12,25H,2,4,8,10H2,1H3. The SMILES string of the molecule is CC(O)(Cn1cncn1)c1ccc(C#CCCCCl)cc1C(F)(F)F. The lowest BCUT2D eigenvalue weighted by molar-refractivity contribution is -0.140. The van der Waals surface area contributed by atoms with Crippen molar-refractivity contribution in [2.45, 2.75) is 38.1 Å². The van der Waals surface area contributed by atoms with E-state index >= 15 is 0 Å². The third kappa shape index (κ3) is 5.21. The van der Waals surface area contributed by atoms with Crippen molar-refractivity contribution >= 4 is 11.6 Å². The number of hydrogen-bond acceptors (Lipinski definition) is 3. The second-order valence-corrected chi connectivity index (χ2v) is 6.10. The van der Waals surface area contributed by atoms with Crippen LogP contribution in [-0.2, 0) is 18.3 Å². The van der Waals surface area contributed by atoms with Crippen molar-refractivity contribution in [2.75, 3.05) is 5.88 Å². The fourth-order valence-corrected chi connectivity index (χ4v) is 2.49. The van der Waals surface area contributed by atoms with Crippen molar-refractivity contribution in [3.63, 3.8) is 0 Å². The molecule has 4 nitrogen and oxygen atoms in total. The third-order valence-corrected chi connectivity index (χ3v) is 3.78. The van der Waals surface area contributed by atoms with E-state index in [0.717, 1.165) is 6.07 Å². The molecule has 0 radical (unpaired) electrons. The van der Waals surface area contributed by atoms with Gasteiger partial charge in [-0.3, -0.25) is 0 Å². The van der Waals surface area contributed by atoms with E-state index in [1.54, 1.807) is 0 Å². The molecule has 0 fully saturated rings. The lowest BCUT2D eigenvalue weighted by Crippen LogP contribution is -2.31. The second-order valence-electron chi connectivity index (χ2n) is 5.72. The summed E-state index contributed by atoms with van der Waals surface area (Å²) in [5, 5.41) is 14.4. The summed E-state index contributed by atoms with van der Waals surface area (Å²) in [7, 11) is 0. The predicted octanol–water partition coefficient (Wildman–Crippen LogP) is 3.58. The Morgan fingerprint density at radius 3 is 2.64 bits per heavy atom. The van der Waals surface area contributed by atoms with Gasteiger partial charge < -0.3 is 5.11 Å². The van der Waals surface area contributed by atoms with Gasteiger partial charge >= 0.3 is 6.18 Å². The van der Waals surface area contributed by atoms with E-state index in [9.17, 15) is 18.3 Å². The first-order chi connectivity index (χ1) is 11.7. The zero-order valence-electron chi connectivity index (χ0n) is 13.5. The number of unbranched alkanes of at least 4 members (excludes halogenated alkanes) is 1. The molecule has 0 spiro atoms. The van der Waals surface area contributed by atoms with Crippen LogP contribution in [0.25, 0.3) is 0 Å². The van der Waals surface area contributed by atoms with Crippen LogP contribution < -0.4 is 0 Å². The van der Waals surface area contributed by atoms with Crippen molar-refractivity contribution in [1.29, 1.82) is 0 Å². The molecule has 1 unspecified atom stereocenters. The molecular weight excluding hydrogens is 355 g/mol. The Bertz CT molecular complexity index is 762. The molecule has 1 aromatic heterocycles. The van der Waals surface area contributed by atoms with Crippen LogP contribution in [0, 0.1) is 11.8 Å². The van der Waals surface area contributed by atoms with E-state index in [0.29, 0.717) is 18.7 Å². The molecule has 0 saturated carbocycles. The van der Waals surface area contributed by atoms with Gasteiger partial charge in [0, 0.05) is 17.9 Å². The summed E-state index contributed by atoms with van der Waals surface area (Å²) in [5.74, 6) is 5.94. The van der Waals surface area contributed by atoms with Gasteiger partial charge in [0.2, 0.25) is 0 Å². The minimum Gasteiger partial charge on any atom is -0.383 e. The average molecular weight is 372 g/mol. The maximum Gasteiger partial charge on any atom is 0.416 e. The van der Waals surface area contributed by atoms with Crippen molar-refractivity contribution in [1.82, 2.24) is 14.8 Å². The molecule has 0 saturated heterocycles. The van der Waals surface area contributed by atoms with Crippen LogP contribution in [0.5, 0.6) is 0 Å². The van der Waals surface area contributed by atoms with Gasteiger partial charge in [0.15, 0.2) is 0 Å². The summed E-state index contributed by atoms with van der Waals surface area (Å²) in [6, 6.07) is 3.68. The molecule has 134 valence electrons. The van der Waals surface area contributed by atoms with E-state index in [2.05, 4.69) is 21.9 Å². The molecular formula is C17H17ClF3N3O. The minimum atomic E-state index is -4.62. The summed E-state index contributed by atoms with van der Waals surface area (Å²) in [6.45, 7) is 1.15. The maximum absolute atomic E-state index is 13.5. The van der Waals surface area contributed by atoms with E-state index in [-0.39, 0.29) is 17.7 Å². The van der Waals surface area contributed by atoms with E-state index in [1.807, 2.05) is 0 Å². The number of benzene rings is 1. The topological polar surface area (TPSA) is 50.9 Å². The summed E-state index contributed by atoms with van der Waals surface area (Å²) < 4.78 is 41.7. The number of aliphatic hydroxyl groups is 1. The van der Waals surface area contributed by atoms with Gasteiger partial charge in [0.1, 0.15) is 18.3 Å². The Labute approximate surface area is 148 Å². The molecule has 0 aliphatic heterocycles. The number of alkyl halides is 4. The molecule has 1 aromatic carbocycles. The highest BCUT2D eigenvalue weighted by Gasteiger charge is 2.39. The van der Waals surface area contributed by atoms with Crippen LogP contribution >= 0.6 is 11.6 Å². The fraction of sp³-hybridized carbons (Fsp3) is 0.412. The molecule has 0 aliphatic rings. The van der Waals surface area contributed by atoms with Crippen molar-refractivity contribution in [3.8, 4) is 11.8 Å². The quantitative estimate of drug-likeness (QED) is 0.496. The fourth-order valence-electron chi connectivity index (χ4n) is 2.36. The van der Waals surface area contributed by atoms with Crippen molar-refractivity contribution < 1.29 is 18.3 Å². The Kier molecular flexibility index (Phi) is 6.09. The minimum absolute atomic E-state index is 0.156. The normalized spacial score (nSPS) is 13.8. The van der Waals surface area contributed by atoms with Crippen molar-refractivity contribution in [3.05, 3.63) is 47.5 Å². The number of halogens is 4. The van der Waals surface area contributed by atoms with Gasteiger partial charge in [-0.15, -0.1) is 11.6 Å². The number of aromatic nitrogens is 3. The van der Waals surface area contributed by atoms with E-state index < -0.39 is 17.3 Å². The number of nitrogens with zero attached hydrogens (tertiary/aromatic N) is 3. The summed E-state index contributed by atoms with van der Waals surface area (Å²) in [6.07, 6.45) is -0.851. The number of rotatable bonds is 5. The maximum atomic E-state index is 13.5. The molecule has 0 amide bonds. The lowest BCUT2D eigenvalue weighted by Gasteiger charge is -2.27. The van der Waals surface area contributed by atoms with Crippen LogP contribution in [-0.4, -0.2) is 25.8 Å². The smallest absolute Gasteiger partial charge is 0.383 e. The van der Waals surface area contributed by atoms with Crippen molar-refractivity contribution in [2.24, 2.45) is 0 Å². The van der Waals surface area contributed by atoms with Gasteiger partial charge in [0.25, 0.3) is 0 Å². The highest BCUT2D eigenvalue weighted by molar-refractivity contribution is 6.17. The molecule has 2 aromatic rings. The van der Waals surface area contributed by atoms with E-state index in [4.69, 9.17) is 11.6 Å². The highest BCUT2D eigenvalue weighted by Crippen LogP contribution is 2.37. The Morgan fingerprint density at radius 1 is 1.28 bits per heavy atom. The van der Waals surface area contributed by atoms with Crippen LogP contribution in [0.4, 0.5) is 13.2 Å². The molecule has 1 atom stereocenters. The Hall–Kier alpha value is -2.04. The molecule has 1 heterocycles. The van der Waals surface area contributed by atoms with Gasteiger partial charge in [-0.25, -0.2) is 9.67 Å². The Balaban J connectivity index is 2.37. The Morgan fingerprint density at radius 2 is 2.04 bits per heavy atom. The molecule has 8 heteroatoms. The average Bonchev–Trinajstić information content (AvgIpc) is 3.02. The van der Waals surface area contributed by atoms with Gasteiger partial charge in [-0.1, -0.05) is 17.9 Å². The van der Waals surface area contributed by atoms with E-state index in [1.165, 1.54) is 36.4 Å². The van der Waals surface area contributed by atoms with Crippen LogP contribution in [0.15, 0.2) is 30.9 Å². The molecule has 1 N–H and O–H groups in total. The third-order valence-electron chi connectivity index (χ3n) is 3.51. The van der Waals surface area contributed by atoms with Gasteiger partial charge in [-0.2, -0.15) is 18.3 Å². The lowest BCUT2D eigenvalue weighted by atomic mass is 9.89. The summed E-state index contributed by atoms with van der Waals surface area (Å²) >= 11 is 5.54. The first kappa shape index (κ1) is 19.3. The molecule has 25 heavy (non-hydrogen) atoms. The summed E-state index contributed by atoms with van der Waals surface area (Å²) in [4.78, 5) is 3.72. The number of hydrogen-bond donors (Lipinski definition) is 1. The monoisotopic (exact) mass is 371 g/mol. The largest absolute Gasteiger partial charge is 0.416 e. The zero-order chi connectivity index (χ0) is 18.5. The first-order valence-corrected chi connectivity index (χ1v) is 8.09. The van der Waals surface area contributed by atoms with Crippen LogP contribution in [0.3, 0.4) is 0 Å². The molecule has 0 aliphatic carbocycles. The van der Waals surface area contributed by atoms with Crippen LogP contribution in [0.2, 0.25) is 0 Å². The van der Waals surface area contributed by atoms with Gasteiger partial charge in [0.05, 0.1) is 12.1 Å². The van der Waals surface area contributed by atoms with Gasteiger partial charge in [-0.05, 0) is 31.0 Å². The zero-order valence-corrected chi connectivity index (χ0v) is 14.3. The predicted molar refractivity (Wildman–Crippen MR) is 87.9 cm³/mol. The summed E-state index contributed by atoms with van der Waals surface area (Å²) in [5.41, 5.74) is -2.69. The molecule has 0 bridgehead atoms. The highest BCUT2D eigenvalue weighted by atomic mass is 35.5. The molecule has 2 rings (SSSR count). The first-order valence-electron chi connectivity index (χ1n) is 7.55. The second kappa shape index (κ2) is 7.89. The van der Waals surface area contributed by atoms with Crippen LogP contribution in [0.1, 0.15) is 36.5 Å².